The Labute approximate surface area is 169 Å². The number of thiocarbonyl (C=S) groups is 1. The molecule has 1 unspecified atom stereocenters. The second kappa shape index (κ2) is 8.88. The van der Waals surface area contributed by atoms with Gasteiger partial charge in [-0.15, -0.1) is 0 Å². The molecule has 0 amide bonds. The molecule has 0 saturated carbocycles. The molecule has 1 atom stereocenters. The Bertz CT molecular complexity index is 916. The highest BCUT2D eigenvalue weighted by Crippen LogP contribution is 2.25. The van der Waals surface area contributed by atoms with Gasteiger partial charge in [0.25, 0.3) is 10.0 Å². The number of hydrogen-bond acceptors (Lipinski definition) is 4. The molecule has 1 heterocycles. The molecule has 2 aromatic carbocycles. The van der Waals surface area contributed by atoms with Crippen molar-refractivity contribution in [1.29, 1.82) is 0 Å². The van der Waals surface area contributed by atoms with Crippen LogP contribution in [0.4, 0.5) is 11.4 Å². The summed E-state index contributed by atoms with van der Waals surface area (Å²) in [6.45, 7) is 1.41. The van der Waals surface area contributed by atoms with Gasteiger partial charge in [0.05, 0.1) is 21.7 Å². The molecule has 27 heavy (non-hydrogen) atoms. The van der Waals surface area contributed by atoms with Gasteiger partial charge < -0.3 is 15.4 Å². The maximum Gasteiger partial charge on any atom is 0.262 e. The first-order valence-corrected chi connectivity index (χ1v) is 10.7. The maximum atomic E-state index is 12.6. The number of para-hydroxylation sites is 1. The molecule has 1 fully saturated rings. The first kappa shape index (κ1) is 19.9. The van der Waals surface area contributed by atoms with Crippen molar-refractivity contribution in [2.45, 2.75) is 23.8 Å². The van der Waals surface area contributed by atoms with Gasteiger partial charge in [-0.05, 0) is 55.4 Å². The number of hydrogen-bond donors (Lipinski definition) is 3. The van der Waals surface area contributed by atoms with Crippen LogP contribution in [-0.2, 0) is 14.8 Å². The van der Waals surface area contributed by atoms with Crippen LogP contribution in [0.25, 0.3) is 0 Å². The molecule has 0 bridgehead atoms. The van der Waals surface area contributed by atoms with E-state index in [4.69, 9.17) is 28.6 Å². The highest BCUT2D eigenvalue weighted by molar-refractivity contribution is 7.92. The van der Waals surface area contributed by atoms with Gasteiger partial charge in [0.2, 0.25) is 0 Å². The molecule has 0 spiro atoms. The van der Waals surface area contributed by atoms with E-state index in [0.29, 0.717) is 28.1 Å². The van der Waals surface area contributed by atoms with E-state index in [1.807, 2.05) is 0 Å². The number of anilines is 2. The molecule has 1 aliphatic rings. The van der Waals surface area contributed by atoms with Crippen LogP contribution >= 0.6 is 23.8 Å². The monoisotopic (exact) mass is 425 g/mol. The maximum absolute atomic E-state index is 12.6. The van der Waals surface area contributed by atoms with Gasteiger partial charge >= 0.3 is 0 Å². The van der Waals surface area contributed by atoms with Crippen molar-refractivity contribution in [1.82, 2.24) is 5.32 Å². The van der Waals surface area contributed by atoms with Crippen molar-refractivity contribution in [3.63, 3.8) is 0 Å². The fourth-order valence-electron chi connectivity index (χ4n) is 2.68. The molecule has 1 aliphatic heterocycles. The van der Waals surface area contributed by atoms with Gasteiger partial charge in [0.15, 0.2) is 5.11 Å². The minimum atomic E-state index is -3.78. The van der Waals surface area contributed by atoms with Crippen molar-refractivity contribution < 1.29 is 13.2 Å². The van der Waals surface area contributed by atoms with Crippen molar-refractivity contribution >= 4 is 50.3 Å². The Balaban J connectivity index is 1.65. The first-order chi connectivity index (χ1) is 12.9. The first-order valence-electron chi connectivity index (χ1n) is 8.48. The third-order valence-corrected chi connectivity index (χ3v) is 5.97. The zero-order valence-corrected chi connectivity index (χ0v) is 16.8. The smallest absolute Gasteiger partial charge is 0.262 e. The van der Waals surface area contributed by atoms with Crippen LogP contribution < -0.4 is 15.4 Å². The van der Waals surface area contributed by atoms with Crippen LogP contribution in [0.3, 0.4) is 0 Å². The van der Waals surface area contributed by atoms with Gasteiger partial charge in [0.1, 0.15) is 0 Å². The van der Waals surface area contributed by atoms with Crippen LogP contribution in [0.5, 0.6) is 0 Å². The van der Waals surface area contributed by atoms with E-state index >= 15 is 0 Å². The molecular weight excluding hydrogens is 406 g/mol. The number of rotatable bonds is 6. The minimum absolute atomic E-state index is 0.106. The number of halogens is 1. The summed E-state index contributed by atoms with van der Waals surface area (Å²) in [5.41, 5.74) is 0.896. The number of nitrogens with one attached hydrogen (secondary N) is 3. The summed E-state index contributed by atoms with van der Waals surface area (Å²) < 4.78 is 33.3. The highest BCUT2D eigenvalue weighted by atomic mass is 35.5. The van der Waals surface area contributed by atoms with Crippen molar-refractivity contribution in [2.24, 2.45) is 0 Å². The summed E-state index contributed by atoms with van der Waals surface area (Å²) in [6, 6.07) is 13.1. The summed E-state index contributed by atoms with van der Waals surface area (Å²) in [5.74, 6) is 0. The lowest BCUT2D eigenvalue weighted by atomic mass is 10.2. The molecule has 0 aliphatic carbocycles. The average Bonchev–Trinajstić information content (AvgIpc) is 3.16. The molecule has 9 heteroatoms. The Morgan fingerprint density at radius 3 is 2.78 bits per heavy atom. The predicted molar refractivity (Wildman–Crippen MR) is 112 cm³/mol. The Kier molecular flexibility index (Phi) is 6.54. The zero-order valence-electron chi connectivity index (χ0n) is 14.4. The second-order valence-corrected chi connectivity index (χ2v) is 8.58. The molecule has 144 valence electrons. The second-order valence-electron chi connectivity index (χ2n) is 6.08. The number of ether oxygens (including phenoxy) is 1. The van der Waals surface area contributed by atoms with Crippen LogP contribution in [0.15, 0.2) is 53.4 Å². The zero-order chi connectivity index (χ0) is 19.3. The lowest BCUT2D eigenvalue weighted by Crippen LogP contribution is -2.34. The predicted octanol–water partition coefficient (Wildman–Crippen LogP) is 3.61. The van der Waals surface area contributed by atoms with E-state index in [-0.39, 0.29) is 11.0 Å². The Morgan fingerprint density at radius 2 is 2.04 bits per heavy atom. The van der Waals surface area contributed by atoms with E-state index in [2.05, 4.69) is 15.4 Å². The van der Waals surface area contributed by atoms with Gasteiger partial charge in [-0.3, -0.25) is 4.72 Å². The lowest BCUT2D eigenvalue weighted by Gasteiger charge is -2.15. The molecule has 0 radical (unpaired) electrons. The van der Waals surface area contributed by atoms with Crippen molar-refractivity contribution in [3.8, 4) is 0 Å². The standard InChI is InChI=1S/C18H20ClN3O3S2/c19-16-8-1-2-9-17(16)22-27(23,24)15-7-3-5-13(11-15)21-18(26)20-12-14-6-4-10-25-14/h1-3,5,7-9,11,14,22H,4,6,10,12H2,(H2,20,21,26). The van der Waals surface area contributed by atoms with E-state index in [0.717, 1.165) is 19.4 Å². The average molecular weight is 426 g/mol. The Hall–Kier alpha value is -1.87. The minimum Gasteiger partial charge on any atom is -0.376 e. The molecule has 3 rings (SSSR count). The van der Waals surface area contributed by atoms with Gasteiger partial charge in [-0.2, -0.15) is 0 Å². The summed E-state index contributed by atoms with van der Waals surface area (Å²) in [5, 5.41) is 6.84. The van der Waals surface area contributed by atoms with E-state index in [1.165, 1.54) is 12.1 Å². The molecule has 0 aromatic heterocycles. The van der Waals surface area contributed by atoms with Crippen molar-refractivity contribution in [3.05, 3.63) is 53.6 Å². The Morgan fingerprint density at radius 1 is 1.22 bits per heavy atom. The van der Waals surface area contributed by atoms with Crippen molar-refractivity contribution in [2.75, 3.05) is 23.2 Å². The summed E-state index contributed by atoms with van der Waals surface area (Å²) >= 11 is 11.3. The topological polar surface area (TPSA) is 79.5 Å². The normalized spacial score (nSPS) is 16.7. The van der Waals surface area contributed by atoms with Crippen LogP contribution in [0, 0.1) is 0 Å². The third-order valence-electron chi connectivity index (χ3n) is 4.03. The quantitative estimate of drug-likeness (QED) is 0.613. The van der Waals surface area contributed by atoms with Gasteiger partial charge in [-0.1, -0.05) is 29.8 Å². The van der Waals surface area contributed by atoms with E-state index < -0.39 is 10.0 Å². The van der Waals surface area contributed by atoms with Crippen LogP contribution in [-0.4, -0.2) is 32.8 Å². The van der Waals surface area contributed by atoms with E-state index in [9.17, 15) is 8.42 Å². The summed E-state index contributed by atoms with van der Waals surface area (Å²) in [6.07, 6.45) is 2.23. The number of sulfonamides is 1. The number of benzene rings is 2. The molecule has 3 N–H and O–H groups in total. The molecule has 2 aromatic rings. The lowest BCUT2D eigenvalue weighted by molar-refractivity contribution is 0.114. The SMILES string of the molecule is O=S(=O)(Nc1ccccc1Cl)c1cccc(NC(=S)NCC2CCCO2)c1. The fraction of sp³-hybridized carbons (Fsp3) is 0.278. The largest absolute Gasteiger partial charge is 0.376 e. The third kappa shape index (κ3) is 5.55. The summed E-state index contributed by atoms with van der Waals surface area (Å²) in [7, 11) is -3.78. The van der Waals surface area contributed by atoms with E-state index in [1.54, 1.807) is 36.4 Å². The van der Waals surface area contributed by atoms with Crippen LogP contribution in [0.2, 0.25) is 5.02 Å². The molecule has 6 nitrogen and oxygen atoms in total. The van der Waals surface area contributed by atoms with Crippen LogP contribution in [0.1, 0.15) is 12.8 Å². The summed E-state index contributed by atoms with van der Waals surface area (Å²) in [4.78, 5) is 0.106. The van der Waals surface area contributed by atoms with Gasteiger partial charge in [-0.25, -0.2) is 8.42 Å². The van der Waals surface area contributed by atoms with Gasteiger partial charge in [0, 0.05) is 18.8 Å². The highest BCUT2D eigenvalue weighted by Gasteiger charge is 2.17. The molecular formula is C18H20ClN3O3S2. The fourth-order valence-corrected chi connectivity index (χ4v) is 4.24. The molecule has 1 saturated heterocycles.